The predicted octanol–water partition coefficient (Wildman–Crippen LogP) is 0.573. The molecule has 0 aliphatic heterocycles. The van der Waals surface area contributed by atoms with Crippen molar-refractivity contribution in [3.05, 3.63) is 0 Å². The molecule has 5 nitrogen and oxygen atoms in total. The molecule has 0 bridgehead atoms. The lowest BCUT2D eigenvalue weighted by Crippen LogP contribution is -2.36. The SMILES string of the molecule is CCN(CC)C(=O)CCNS(=O)(=O)C(C)C. The second-order valence-corrected chi connectivity index (χ2v) is 6.13. The Kier molecular flexibility index (Phi) is 6.59. The Balaban J connectivity index is 4.05. The van der Waals surface area contributed by atoms with Crippen LogP contribution in [0.3, 0.4) is 0 Å². The van der Waals surface area contributed by atoms with E-state index in [1.807, 2.05) is 13.8 Å². The topological polar surface area (TPSA) is 66.5 Å². The van der Waals surface area contributed by atoms with Crippen LogP contribution in [0.5, 0.6) is 0 Å². The standard InChI is InChI=1S/C10H22N2O3S/c1-5-12(6-2)10(13)7-8-11-16(14,15)9(3)4/h9,11H,5-8H2,1-4H3. The number of carbonyl (C=O) groups is 1. The van der Waals surface area contributed by atoms with Gasteiger partial charge in [-0.25, -0.2) is 13.1 Å². The Morgan fingerprint density at radius 3 is 2.12 bits per heavy atom. The first-order chi connectivity index (χ1) is 7.35. The summed E-state index contributed by atoms with van der Waals surface area (Å²) in [6, 6.07) is 0. The van der Waals surface area contributed by atoms with Gasteiger partial charge in [-0.3, -0.25) is 4.79 Å². The van der Waals surface area contributed by atoms with Crippen molar-refractivity contribution in [2.75, 3.05) is 19.6 Å². The molecule has 0 aromatic carbocycles. The van der Waals surface area contributed by atoms with Crippen LogP contribution < -0.4 is 4.72 Å². The van der Waals surface area contributed by atoms with Crippen LogP contribution in [0.25, 0.3) is 0 Å². The van der Waals surface area contributed by atoms with Crippen LogP contribution >= 0.6 is 0 Å². The van der Waals surface area contributed by atoms with Crippen molar-refractivity contribution in [3.8, 4) is 0 Å². The highest BCUT2D eigenvalue weighted by Crippen LogP contribution is 1.97. The summed E-state index contributed by atoms with van der Waals surface area (Å²) >= 11 is 0. The number of rotatable bonds is 7. The zero-order valence-corrected chi connectivity index (χ0v) is 11.3. The first kappa shape index (κ1) is 15.4. The number of carbonyl (C=O) groups excluding carboxylic acids is 1. The van der Waals surface area contributed by atoms with E-state index < -0.39 is 15.3 Å². The third-order valence-corrected chi connectivity index (χ3v) is 4.23. The van der Waals surface area contributed by atoms with Gasteiger partial charge in [0.05, 0.1) is 5.25 Å². The summed E-state index contributed by atoms with van der Waals surface area (Å²) in [6.45, 7) is 8.51. The zero-order valence-electron chi connectivity index (χ0n) is 10.5. The summed E-state index contributed by atoms with van der Waals surface area (Å²) < 4.78 is 25.2. The van der Waals surface area contributed by atoms with Gasteiger partial charge in [-0.2, -0.15) is 0 Å². The summed E-state index contributed by atoms with van der Waals surface area (Å²) in [6.07, 6.45) is 0.216. The van der Waals surface area contributed by atoms with Gasteiger partial charge in [-0.1, -0.05) is 0 Å². The number of hydrogen-bond acceptors (Lipinski definition) is 3. The van der Waals surface area contributed by atoms with E-state index in [-0.39, 0.29) is 18.9 Å². The van der Waals surface area contributed by atoms with Crippen molar-refractivity contribution < 1.29 is 13.2 Å². The van der Waals surface area contributed by atoms with Crippen molar-refractivity contribution in [2.24, 2.45) is 0 Å². The third kappa shape index (κ3) is 4.94. The van der Waals surface area contributed by atoms with Gasteiger partial charge in [0, 0.05) is 26.1 Å². The van der Waals surface area contributed by atoms with Crippen LogP contribution in [-0.2, 0) is 14.8 Å². The maximum atomic E-state index is 11.6. The van der Waals surface area contributed by atoms with E-state index in [0.717, 1.165) is 0 Å². The van der Waals surface area contributed by atoms with Gasteiger partial charge in [0.2, 0.25) is 15.9 Å². The van der Waals surface area contributed by atoms with Crippen LogP contribution in [0.1, 0.15) is 34.1 Å². The molecule has 0 rings (SSSR count). The average molecular weight is 250 g/mol. The molecule has 0 unspecified atom stereocenters. The van der Waals surface area contributed by atoms with E-state index in [1.54, 1.807) is 18.7 Å². The van der Waals surface area contributed by atoms with Gasteiger partial charge in [0.25, 0.3) is 0 Å². The Bertz CT molecular complexity index is 308. The van der Waals surface area contributed by atoms with Gasteiger partial charge in [-0.15, -0.1) is 0 Å². The second-order valence-electron chi connectivity index (χ2n) is 3.80. The Morgan fingerprint density at radius 1 is 1.25 bits per heavy atom. The van der Waals surface area contributed by atoms with Crippen LogP contribution in [0.15, 0.2) is 0 Å². The van der Waals surface area contributed by atoms with E-state index in [2.05, 4.69) is 4.72 Å². The Labute approximate surface area is 98.3 Å². The van der Waals surface area contributed by atoms with E-state index in [4.69, 9.17) is 0 Å². The number of amides is 1. The average Bonchev–Trinajstić information content (AvgIpc) is 2.19. The molecule has 96 valence electrons. The minimum atomic E-state index is -3.25. The second kappa shape index (κ2) is 6.85. The molecular formula is C10H22N2O3S. The summed E-state index contributed by atoms with van der Waals surface area (Å²) in [5.41, 5.74) is 0. The summed E-state index contributed by atoms with van der Waals surface area (Å²) in [7, 11) is -3.25. The molecule has 0 aromatic rings. The van der Waals surface area contributed by atoms with Crippen LogP contribution in [0.4, 0.5) is 0 Å². The van der Waals surface area contributed by atoms with Gasteiger partial charge in [0.15, 0.2) is 0 Å². The van der Waals surface area contributed by atoms with E-state index in [9.17, 15) is 13.2 Å². The lowest BCUT2D eigenvalue weighted by molar-refractivity contribution is -0.130. The first-order valence-electron chi connectivity index (χ1n) is 5.61. The molecule has 0 saturated heterocycles. The fourth-order valence-corrected chi connectivity index (χ4v) is 1.92. The summed E-state index contributed by atoms with van der Waals surface area (Å²) in [5, 5.41) is -0.462. The lowest BCUT2D eigenvalue weighted by Gasteiger charge is -2.18. The minimum Gasteiger partial charge on any atom is -0.343 e. The predicted molar refractivity (Wildman–Crippen MR) is 64.6 cm³/mol. The van der Waals surface area contributed by atoms with E-state index in [1.165, 1.54) is 0 Å². The third-order valence-electron chi connectivity index (χ3n) is 2.38. The Hall–Kier alpha value is -0.620. The molecule has 16 heavy (non-hydrogen) atoms. The maximum Gasteiger partial charge on any atom is 0.223 e. The summed E-state index contributed by atoms with van der Waals surface area (Å²) in [4.78, 5) is 13.2. The largest absolute Gasteiger partial charge is 0.343 e. The fraction of sp³-hybridized carbons (Fsp3) is 0.900. The quantitative estimate of drug-likeness (QED) is 0.718. The van der Waals surface area contributed by atoms with Crippen molar-refractivity contribution >= 4 is 15.9 Å². The molecule has 0 atom stereocenters. The maximum absolute atomic E-state index is 11.6. The molecule has 0 heterocycles. The normalized spacial score (nSPS) is 11.8. The van der Waals surface area contributed by atoms with Gasteiger partial charge in [-0.05, 0) is 27.7 Å². The first-order valence-corrected chi connectivity index (χ1v) is 7.16. The molecule has 0 radical (unpaired) electrons. The molecule has 0 spiro atoms. The minimum absolute atomic E-state index is 0.0172. The number of nitrogens with one attached hydrogen (secondary N) is 1. The van der Waals surface area contributed by atoms with Gasteiger partial charge >= 0.3 is 0 Å². The highest BCUT2D eigenvalue weighted by atomic mass is 32.2. The van der Waals surface area contributed by atoms with E-state index >= 15 is 0 Å². The van der Waals surface area contributed by atoms with Gasteiger partial charge in [0.1, 0.15) is 0 Å². The van der Waals surface area contributed by atoms with Crippen molar-refractivity contribution in [3.63, 3.8) is 0 Å². The molecular weight excluding hydrogens is 228 g/mol. The number of hydrogen-bond donors (Lipinski definition) is 1. The molecule has 0 aliphatic carbocycles. The number of sulfonamides is 1. The molecule has 1 N–H and O–H groups in total. The van der Waals surface area contributed by atoms with E-state index in [0.29, 0.717) is 13.1 Å². The molecule has 0 aromatic heterocycles. The van der Waals surface area contributed by atoms with Crippen molar-refractivity contribution in [1.82, 2.24) is 9.62 Å². The van der Waals surface area contributed by atoms with Crippen LogP contribution in [0, 0.1) is 0 Å². The molecule has 0 aliphatic rings. The Morgan fingerprint density at radius 2 is 1.75 bits per heavy atom. The zero-order chi connectivity index (χ0) is 12.8. The van der Waals surface area contributed by atoms with Gasteiger partial charge < -0.3 is 4.90 Å². The van der Waals surface area contributed by atoms with Crippen LogP contribution in [0.2, 0.25) is 0 Å². The smallest absolute Gasteiger partial charge is 0.223 e. The molecule has 6 heteroatoms. The molecule has 1 amide bonds. The molecule has 0 saturated carbocycles. The highest BCUT2D eigenvalue weighted by Gasteiger charge is 2.16. The molecule has 0 fully saturated rings. The van der Waals surface area contributed by atoms with Crippen molar-refractivity contribution in [2.45, 2.75) is 39.4 Å². The lowest BCUT2D eigenvalue weighted by atomic mass is 10.3. The highest BCUT2D eigenvalue weighted by molar-refractivity contribution is 7.90. The monoisotopic (exact) mass is 250 g/mol. The number of nitrogens with zero attached hydrogens (tertiary/aromatic N) is 1. The van der Waals surface area contributed by atoms with Crippen molar-refractivity contribution in [1.29, 1.82) is 0 Å². The van der Waals surface area contributed by atoms with Crippen LogP contribution in [-0.4, -0.2) is 44.1 Å². The fourth-order valence-electron chi connectivity index (χ4n) is 1.20. The summed E-state index contributed by atoms with van der Waals surface area (Å²) in [5.74, 6) is -0.0172.